The van der Waals surface area contributed by atoms with Crippen LogP contribution < -0.4 is 0 Å². The summed E-state index contributed by atoms with van der Waals surface area (Å²) in [5.41, 5.74) is 0.193. The predicted molar refractivity (Wildman–Crippen MR) is 86.0 cm³/mol. The van der Waals surface area contributed by atoms with Crippen molar-refractivity contribution in [2.24, 2.45) is 23.2 Å². The van der Waals surface area contributed by atoms with E-state index in [0.717, 1.165) is 24.4 Å². The molecule has 0 spiro atoms. The third kappa shape index (κ3) is 3.90. The lowest BCUT2D eigenvalue weighted by Gasteiger charge is -2.57. The Kier molecular flexibility index (Phi) is 4.05. The molecule has 0 radical (unpaired) electrons. The van der Waals surface area contributed by atoms with Crippen LogP contribution in [0.15, 0.2) is 0 Å². The molecule has 4 aliphatic rings. The molecule has 0 saturated heterocycles. The molecule has 0 N–H and O–H groups in total. The maximum absolute atomic E-state index is 6.30. The fourth-order valence-electron chi connectivity index (χ4n) is 5.04. The molecule has 4 aliphatic carbocycles. The zero-order valence-corrected chi connectivity index (χ0v) is 15.4. The molecule has 122 valence electrons. The van der Waals surface area contributed by atoms with E-state index in [1.54, 1.807) is 0 Å². The lowest BCUT2D eigenvalue weighted by Crippen LogP contribution is -2.50. The van der Waals surface area contributed by atoms with Crippen molar-refractivity contribution in [2.45, 2.75) is 78.0 Å². The van der Waals surface area contributed by atoms with Gasteiger partial charge in [-0.25, -0.2) is 4.89 Å². The summed E-state index contributed by atoms with van der Waals surface area (Å²) in [4.78, 5) is 5.50. The highest BCUT2D eigenvalue weighted by Gasteiger charge is 2.51. The van der Waals surface area contributed by atoms with Crippen LogP contribution in [0.2, 0.25) is 13.1 Å². The van der Waals surface area contributed by atoms with Gasteiger partial charge in [0.25, 0.3) is 0 Å². The molecule has 0 heterocycles. The van der Waals surface area contributed by atoms with Gasteiger partial charge in [-0.05, 0) is 95.6 Å². The molecule has 0 aromatic carbocycles. The van der Waals surface area contributed by atoms with Crippen molar-refractivity contribution in [1.82, 2.24) is 0 Å². The van der Waals surface area contributed by atoms with Gasteiger partial charge in [-0.15, -0.1) is 0 Å². The van der Waals surface area contributed by atoms with E-state index in [1.807, 2.05) is 20.8 Å². The zero-order chi connectivity index (χ0) is 15.3. The molecule has 0 aliphatic heterocycles. The Bertz CT molecular complexity index is 351. The Hall–Kier alpha value is 0.0969. The molecule has 0 aromatic rings. The van der Waals surface area contributed by atoms with E-state index >= 15 is 0 Å². The first-order valence-electron chi connectivity index (χ1n) is 8.66. The Labute approximate surface area is 130 Å². The summed E-state index contributed by atoms with van der Waals surface area (Å²) in [6, 6.07) is 0. The molecule has 0 amide bonds. The molecular weight excluding hydrogens is 280 g/mol. The van der Waals surface area contributed by atoms with E-state index in [2.05, 4.69) is 13.1 Å². The predicted octanol–water partition coefficient (Wildman–Crippen LogP) is 4.67. The van der Waals surface area contributed by atoms with Gasteiger partial charge < -0.3 is 4.43 Å². The third-order valence-electron chi connectivity index (χ3n) is 5.38. The van der Waals surface area contributed by atoms with Crippen LogP contribution in [0.25, 0.3) is 0 Å². The van der Waals surface area contributed by atoms with Crippen LogP contribution in [-0.4, -0.2) is 20.8 Å². The number of hydrogen-bond acceptors (Lipinski definition) is 3. The summed E-state index contributed by atoms with van der Waals surface area (Å²) in [6.07, 6.45) is 8.65. The van der Waals surface area contributed by atoms with E-state index in [9.17, 15) is 0 Å². The van der Waals surface area contributed by atoms with Gasteiger partial charge >= 0.3 is 8.56 Å². The highest BCUT2D eigenvalue weighted by atomic mass is 28.4. The van der Waals surface area contributed by atoms with E-state index in [0.29, 0.717) is 5.41 Å². The third-order valence-corrected chi connectivity index (χ3v) is 6.71. The summed E-state index contributed by atoms with van der Waals surface area (Å²) < 4.78 is 12.0. The Morgan fingerprint density at radius 3 is 1.86 bits per heavy atom. The van der Waals surface area contributed by atoms with Gasteiger partial charge in [0, 0.05) is 6.61 Å². The monoisotopic (exact) mass is 312 g/mol. The molecular formula is C17H32O3Si. The largest absolute Gasteiger partial charge is 0.392 e. The van der Waals surface area contributed by atoms with Crippen LogP contribution >= 0.6 is 0 Å². The van der Waals surface area contributed by atoms with Crippen LogP contribution in [0.1, 0.15) is 59.3 Å². The van der Waals surface area contributed by atoms with Gasteiger partial charge in [0.2, 0.25) is 0 Å². The zero-order valence-electron chi connectivity index (χ0n) is 14.4. The van der Waals surface area contributed by atoms with E-state index in [4.69, 9.17) is 13.9 Å². The number of rotatable bonds is 5. The molecule has 0 aromatic heterocycles. The van der Waals surface area contributed by atoms with Crippen LogP contribution in [0.4, 0.5) is 0 Å². The molecule has 21 heavy (non-hydrogen) atoms. The lowest BCUT2D eigenvalue weighted by atomic mass is 9.50. The molecule has 4 bridgehead atoms. The molecule has 4 saturated carbocycles. The summed E-state index contributed by atoms with van der Waals surface area (Å²) >= 11 is 0. The second-order valence-corrected chi connectivity index (χ2v) is 12.6. The average molecular weight is 313 g/mol. The minimum absolute atomic E-state index is 0.270. The topological polar surface area (TPSA) is 27.7 Å². The minimum Gasteiger partial charge on any atom is -0.392 e. The average Bonchev–Trinajstić information content (AvgIpc) is 2.32. The van der Waals surface area contributed by atoms with Crippen LogP contribution in [-0.2, 0) is 13.9 Å². The molecule has 3 nitrogen and oxygen atoms in total. The molecule has 4 fully saturated rings. The van der Waals surface area contributed by atoms with Crippen molar-refractivity contribution in [2.75, 3.05) is 6.61 Å². The molecule has 0 atom stereocenters. The van der Waals surface area contributed by atoms with Crippen molar-refractivity contribution >= 4 is 8.56 Å². The molecule has 4 heteroatoms. The first kappa shape index (κ1) is 16.0. The molecule has 4 rings (SSSR count). The van der Waals surface area contributed by atoms with E-state index < -0.39 is 8.56 Å². The standard InChI is InChI=1S/C17H32O3Si/c1-16(2,3)19-20-21(4,5)18-12-17-9-13-6-14(10-17)8-15(7-13)11-17/h13-15H,6-12H2,1-5H3. The Balaban J connectivity index is 1.55. The van der Waals surface area contributed by atoms with Crippen molar-refractivity contribution in [1.29, 1.82) is 0 Å². The molecule has 0 unspecified atom stereocenters. The quantitative estimate of drug-likeness (QED) is 0.419. The Morgan fingerprint density at radius 2 is 1.43 bits per heavy atom. The van der Waals surface area contributed by atoms with Crippen molar-refractivity contribution < 1.29 is 13.9 Å². The van der Waals surface area contributed by atoms with Crippen molar-refractivity contribution in [3.8, 4) is 0 Å². The highest BCUT2D eigenvalue weighted by Crippen LogP contribution is 2.60. The second-order valence-electron chi connectivity index (χ2n) is 9.39. The lowest BCUT2D eigenvalue weighted by molar-refractivity contribution is -0.296. The van der Waals surface area contributed by atoms with Gasteiger partial charge in [0.15, 0.2) is 0 Å². The number of hydrogen-bond donors (Lipinski definition) is 0. The first-order valence-corrected chi connectivity index (χ1v) is 11.5. The van der Waals surface area contributed by atoms with E-state index in [1.165, 1.54) is 38.5 Å². The summed E-state index contributed by atoms with van der Waals surface area (Å²) in [5, 5.41) is 0. The summed E-state index contributed by atoms with van der Waals surface area (Å²) in [5.74, 6) is 2.95. The van der Waals surface area contributed by atoms with Crippen LogP contribution in [0.5, 0.6) is 0 Å². The van der Waals surface area contributed by atoms with Gasteiger partial charge in [-0.2, -0.15) is 0 Å². The van der Waals surface area contributed by atoms with Crippen molar-refractivity contribution in [3.63, 3.8) is 0 Å². The van der Waals surface area contributed by atoms with Gasteiger partial charge in [-0.1, -0.05) is 0 Å². The maximum Gasteiger partial charge on any atom is 0.369 e. The first-order chi connectivity index (χ1) is 9.65. The van der Waals surface area contributed by atoms with Crippen molar-refractivity contribution in [3.05, 3.63) is 0 Å². The SMILES string of the molecule is CC(C)(C)OO[Si](C)(C)OCC12CC3CC(CC(C3)C1)C2. The fourth-order valence-corrected chi connectivity index (χ4v) is 6.20. The Morgan fingerprint density at radius 1 is 0.952 bits per heavy atom. The second kappa shape index (κ2) is 5.33. The maximum atomic E-state index is 6.30. The van der Waals surface area contributed by atoms with Crippen LogP contribution in [0.3, 0.4) is 0 Å². The van der Waals surface area contributed by atoms with Gasteiger partial charge in [0.1, 0.15) is 0 Å². The highest BCUT2D eigenvalue weighted by molar-refractivity contribution is 6.64. The smallest absolute Gasteiger partial charge is 0.369 e. The summed E-state index contributed by atoms with van der Waals surface area (Å²) in [7, 11) is -2.19. The minimum atomic E-state index is -2.19. The van der Waals surface area contributed by atoms with Gasteiger partial charge in [0.05, 0.1) is 5.60 Å². The fraction of sp³-hybridized carbons (Fsp3) is 1.00. The summed E-state index contributed by atoms with van der Waals surface area (Å²) in [6.45, 7) is 11.1. The van der Waals surface area contributed by atoms with Crippen LogP contribution in [0, 0.1) is 23.2 Å². The van der Waals surface area contributed by atoms with Gasteiger partial charge in [-0.3, -0.25) is 4.58 Å². The normalized spacial score (nSPS) is 39.0. The van der Waals surface area contributed by atoms with E-state index in [-0.39, 0.29) is 5.60 Å².